The number of aromatic nitrogens is 6. The molecule has 0 radical (unpaired) electrons. The normalized spacial score (nSPS) is 23.1. The van der Waals surface area contributed by atoms with E-state index in [0.717, 1.165) is 17.5 Å². The Labute approximate surface area is 207 Å². The molecule has 4 N–H and O–H groups in total. The fraction of sp³-hybridized carbons (Fsp3) is 0.417. The zero-order chi connectivity index (χ0) is 24.5. The third-order valence-electron chi connectivity index (χ3n) is 6.66. The number of benzene rings is 1. The van der Waals surface area contributed by atoms with Gasteiger partial charge in [-0.25, -0.2) is 4.98 Å². The van der Waals surface area contributed by atoms with Crippen LogP contribution in [-0.4, -0.2) is 69.5 Å². The number of anilines is 1. The number of halogens is 1. The lowest BCUT2D eigenvalue weighted by molar-refractivity contribution is 0.00721. The van der Waals surface area contributed by atoms with Crippen molar-refractivity contribution in [1.82, 2.24) is 29.3 Å². The van der Waals surface area contributed by atoms with E-state index in [9.17, 15) is 15.3 Å². The molecule has 0 spiro atoms. The fourth-order valence-corrected chi connectivity index (χ4v) is 4.92. The van der Waals surface area contributed by atoms with Gasteiger partial charge >= 0.3 is 0 Å². The monoisotopic (exact) mass is 497 g/mol. The first-order valence-electron chi connectivity index (χ1n) is 11.7. The summed E-state index contributed by atoms with van der Waals surface area (Å²) in [5.74, 6) is 0.401. The SMILES string of the molecule is CCc1cnn([C@H]2C[C@@H](n3cnc4c(N[C@H](CO)Cc5ccccc5)nc(Cl)nc43)[C@H](O)[C@@H]2O)c1. The average Bonchev–Trinajstić information content (AvgIpc) is 3.57. The molecular weight excluding hydrogens is 470 g/mol. The summed E-state index contributed by atoms with van der Waals surface area (Å²) in [4.78, 5) is 13.2. The average molecular weight is 498 g/mol. The van der Waals surface area contributed by atoms with Crippen LogP contribution in [0, 0.1) is 0 Å². The minimum atomic E-state index is -1.04. The number of imidazole rings is 1. The van der Waals surface area contributed by atoms with E-state index >= 15 is 0 Å². The Morgan fingerprint density at radius 2 is 1.89 bits per heavy atom. The highest BCUT2D eigenvalue weighted by Gasteiger charge is 2.44. The standard InChI is InChI=1S/C24H28ClN7O3/c1-2-14-10-27-32(11-14)18-9-17(20(34)21(18)35)31-13-26-19-22(29-24(25)30-23(19)31)28-16(12-33)8-15-6-4-3-5-7-15/h3-7,10-11,13,16-18,20-21,33-35H,2,8-9,12H2,1H3,(H,28,29,30)/t16-,17+,18-,20-,21+/m0/s1. The van der Waals surface area contributed by atoms with E-state index in [4.69, 9.17) is 11.6 Å². The van der Waals surface area contributed by atoms with Crippen molar-refractivity contribution < 1.29 is 15.3 Å². The van der Waals surface area contributed by atoms with Crippen LogP contribution in [0.2, 0.25) is 5.28 Å². The van der Waals surface area contributed by atoms with Crippen LogP contribution in [0.15, 0.2) is 49.1 Å². The Morgan fingerprint density at radius 1 is 1.11 bits per heavy atom. The summed E-state index contributed by atoms with van der Waals surface area (Å²) >= 11 is 6.26. The van der Waals surface area contributed by atoms with Gasteiger partial charge in [-0.15, -0.1) is 0 Å². The lowest BCUT2D eigenvalue weighted by Gasteiger charge is -2.19. The summed E-state index contributed by atoms with van der Waals surface area (Å²) in [6.07, 6.45) is 5.08. The molecule has 184 valence electrons. The number of rotatable bonds is 8. The van der Waals surface area contributed by atoms with E-state index in [0.29, 0.717) is 29.8 Å². The van der Waals surface area contributed by atoms with Crippen LogP contribution in [0.4, 0.5) is 5.82 Å². The molecule has 1 fully saturated rings. The summed E-state index contributed by atoms with van der Waals surface area (Å²) in [7, 11) is 0. The highest BCUT2D eigenvalue weighted by Crippen LogP contribution is 2.40. The van der Waals surface area contributed by atoms with Crippen LogP contribution >= 0.6 is 11.6 Å². The molecule has 0 unspecified atom stereocenters. The Bertz CT molecular complexity index is 1300. The summed E-state index contributed by atoms with van der Waals surface area (Å²) in [6, 6.07) is 8.66. The molecule has 1 aliphatic rings. The van der Waals surface area contributed by atoms with Gasteiger partial charge in [-0.2, -0.15) is 15.1 Å². The van der Waals surface area contributed by atoms with Gasteiger partial charge in [-0.1, -0.05) is 37.3 Å². The maximum Gasteiger partial charge on any atom is 0.226 e. The van der Waals surface area contributed by atoms with Crippen LogP contribution < -0.4 is 5.32 Å². The van der Waals surface area contributed by atoms with E-state index in [1.165, 1.54) is 0 Å². The van der Waals surface area contributed by atoms with Gasteiger partial charge in [0, 0.05) is 6.20 Å². The molecule has 10 nitrogen and oxygen atoms in total. The van der Waals surface area contributed by atoms with Crippen molar-refractivity contribution in [2.45, 2.75) is 56.5 Å². The van der Waals surface area contributed by atoms with Crippen molar-refractivity contribution in [2.24, 2.45) is 0 Å². The molecule has 4 aromatic rings. The number of aliphatic hydroxyl groups excluding tert-OH is 3. The Kier molecular flexibility index (Phi) is 6.70. The third-order valence-corrected chi connectivity index (χ3v) is 6.83. The third kappa shape index (κ3) is 4.62. The molecule has 11 heteroatoms. The first kappa shape index (κ1) is 23.7. The number of nitrogens with one attached hydrogen (secondary N) is 1. The zero-order valence-corrected chi connectivity index (χ0v) is 20.0. The highest BCUT2D eigenvalue weighted by atomic mass is 35.5. The lowest BCUT2D eigenvalue weighted by atomic mass is 10.1. The van der Waals surface area contributed by atoms with Crippen molar-refractivity contribution in [3.05, 3.63) is 65.5 Å². The quantitative estimate of drug-likeness (QED) is 0.272. The molecule has 3 aromatic heterocycles. The van der Waals surface area contributed by atoms with E-state index in [-0.39, 0.29) is 24.0 Å². The molecule has 0 aliphatic heterocycles. The zero-order valence-electron chi connectivity index (χ0n) is 19.2. The summed E-state index contributed by atoms with van der Waals surface area (Å²) in [5, 5.41) is 39.3. The predicted octanol–water partition coefficient (Wildman–Crippen LogP) is 2.16. The van der Waals surface area contributed by atoms with Gasteiger partial charge in [0.05, 0.1) is 37.3 Å². The first-order chi connectivity index (χ1) is 17.0. The maximum absolute atomic E-state index is 10.9. The number of aryl methyl sites for hydroxylation is 1. The first-order valence-corrected chi connectivity index (χ1v) is 12.1. The van der Waals surface area contributed by atoms with Gasteiger partial charge in [-0.05, 0) is 42.0 Å². The van der Waals surface area contributed by atoms with Gasteiger partial charge in [-0.3, -0.25) is 4.68 Å². The molecule has 1 saturated carbocycles. The van der Waals surface area contributed by atoms with Crippen molar-refractivity contribution in [1.29, 1.82) is 0 Å². The predicted molar refractivity (Wildman–Crippen MR) is 131 cm³/mol. The van der Waals surface area contributed by atoms with E-state index < -0.39 is 18.2 Å². The molecule has 3 heterocycles. The van der Waals surface area contributed by atoms with Gasteiger partial charge in [0.15, 0.2) is 17.0 Å². The second-order valence-corrected chi connectivity index (χ2v) is 9.25. The second kappa shape index (κ2) is 9.90. The van der Waals surface area contributed by atoms with Crippen LogP contribution in [0.3, 0.4) is 0 Å². The van der Waals surface area contributed by atoms with Crippen molar-refractivity contribution in [3.63, 3.8) is 0 Å². The van der Waals surface area contributed by atoms with Crippen molar-refractivity contribution >= 4 is 28.6 Å². The number of fused-ring (bicyclic) bond motifs is 1. The largest absolute Gasteiger partial charge is 0.394 e. The highest BCUT2D eigenvalue weighted by molar-refractivity contribution is 6.28. The fourth-order valence-electron chi connectivity index (χ4n) is 4.75. The van der Waals surface area contributed by atoms with Gasteiger partial charge < -0.3 is 25.2 Å². The van der Waals surface area contributed by atoms with E-state index in [1.807, 2.05) is 43.5 Å². The van der Waals surface area contributed by atoms with Crippen molar-refractivity contribution in [2.75, 3.05) is 11.9 Å². The lowest BCUT2D eigenvalue weighted by Crippen LogP contribution is -2.30. The molecule has 35 heavy (non-hydrogen) atoms. The molecule has 5 rings (SSSR count). The van der Waals surface area contributed by atoms with Crippen LogP contribution in [0.1, 0.15) is 36.6 Å². The van der Waals surface area contributed by atoms with Crippen LogP contribution in [0.25, 0.3) is 11.2 Å². The second-order valence-electron chi connectivity index (χ2n) is 8.91. The van der Waals surface area contributed by atoms with Crippen LogP contribution in [0.5, 0.6) is 0 Å². The van der Waals surface area contributed by atoms with Gasteiger partial charge in [0.2, 0.25) is 5.28 Å². The number of hydrogen-bond acceptors (Lipinski definition) is 8. The molecule has 0 bridgehead atoms. The Balaban J connectivity index is 1.43. The molecule has 0 amide bonds. The van der Waals surface area contributed by atoms with Gasteiger partial charge in [0.25, 0.3) is 0 Å². The van der Waals surface area contributed by atoms with Crippen molar-refractivity contribution in [3.8, 4) is 0 Å². The minimum Gasteiger partial charge on any atom is -0.394 e. The van der Waals surface area contributed by atoms with E-state index in [1.54, 1.807) is 21.8 Å². The van der Waals surface area contributed by atoms with Gasteiger partial charge in [0.1, 0.15) is 12.2 Å². The molecule has 1 aliphatic carbocycles. The molecule has 0 saturated heterocycles. The molecule has 5 atom stereocenters. The molecular formula is C24H28ClN7O3. The topological polar surface area (TPSA) is 134 Å². The molecule has 1 aromatic carbocycles. The number of aliphatic hydroxyl groups is 3. The number of nitrogens with zero attached hydrogens (tertiary/aromatic N) is 6. The summed E-state index contributed by atoms with van der Waals surface area (Å²) in [6.45, 7) is 1.93. The number of hydrogen-bond donors (Lipinski definition) is 4. The summed E-state index contributed by atoms with van der Waals surface area (Å²) < 4.78 is 3.45. The maximum atomic E-state index is 10.9. The van der Waals surface area contributed by atoms with Crippen LogP contribution in [-0.2, 0) is 12.8 Å². The Morgan fingerprint density at radius 3 is 2.60 bits per heavy atom. The summed E-state index contributed by atoms with van der Waals surface area (Å²) in [5.41, 5.74) is 3.04. The van der Waals surface area contributed by atoms with E-state index in [2.05, 4.69) is 25.4 Å². The smallest absolute Gasteiger partial charge is 0.226 e. The minimum absolute atomic E-state index is 0.0161. The Hall–Kier alpha value is -3.05.